The van der Waals surface area contributed by atoms with Gasteiger partial charge in [0.15, 0.2) is 0 Å². The molecule has 0 aliphatic heterocycles. The summed E-state index contributed by atoms with van der Waals surface area (Å²) in [6.07, 6.45) is -5.37. The number of rotatable bonds is 3. The fourth-order valence-electron chi connectivity index (χ4n) is 1.53. The maximum absolute atomic E-state index is 12.4. The molecule has 0 aromatic heterocycles. The van der Waals surface area contributed by atoms with Crippen LogP contribution in [0.2, 0.25) is 0 Å². The number of hydrogen-bond donors (Lipinski definition) is 1. The molecule has 0 aliphatic carbocycles. The second-order valence-electron chi connectivity index (χ2n) is 3.98. The Balaban J connectivity index is 2.89. The van der Waals surface area contributed by atoms with Crippen molar-refractivity contribution in [3.63, 3.8) is 0 Å². The van der Waals surface area contributed by atoms with Crippen LogP contribution in [-0.4, -0.2) is 12.1 Å². The highest BCUT2D eigenvalue weighted by Crippen LogP contribution is 2.29. The topological polar surface area (TPSA) is 29.1 Å². The average Bonchev–Trinajstić information content (AvgIpc) is 2.14. The van der Waals surface area contributed by atoms with Gasteiger partial charge in [0.25, 0.3) is 0 Å². The second-order valence-corrected chi connectivity index (χ2v) is 3.98. The maximum Gasteiger partial charge on any atom is 0.391 e. The molecule has 0 spiro atoms. The molecule has 0 saturated heterocycles. The van der Waals surface area contributed by atoms with E-state index in [0.717, 1.165) is 5.56 Å². The SMILES string of the molecule is CC(=O)NC(CC(F)(F)F)c1ccc(C)cc1. The molecule has 1 N–H and O–H groups in total. The zero-order valence-electron chi connectivity index (χ0n) is 9.64. The summed E-state index contributed by atoms with van der Waals surface area (Å²) in [6, 6.07) is 5.62. The number of hydrogen-bond acceptors (Lipinski definition) is 1. The molecule has 1 atom stereocenters. The fourth-order valence-corrected chi connectivity index (χ4v) is 1.53. The van der Waals surface area contributed by atoms with Crippen molar-refractivity contribution in [3.05, 3.63) is 35.4 Å². The van der Waals surface area contributed by atoms with E-state index < -0.39 is 24.5 Å². The lowest BCUT2D eigenvalue weighted by molar-refractivity contribution is -0.142. The Kier molecular flexibility index (Phi) is 4.15. The predicted molar refractivity (Wildman–Crippen MR) is 58.4 cm³/mol. The van der Waals surface area contributed by atoms with Gasteiger partial charge in [-0.15, -0.1) is 0 Å². The van der Waals surface area contributed by atoms with Crippen molar-refractivity contribution in [1.82, 2.24) is 5.32 Å². The number of halogens is 3. The van der Waals surface area contributed by atoms with Crippen LogP contribution in [-0.2, 0) is 4.79 Å². The van der Waals surface area contributed by atoms with Crippen molar-refractivity contribution in [2.45, 2.75) is 32.5 Å². The monoisotopic (exact) mass is 245 g/mol. The number of nitrogens with one attached hydrogen (secondary N) is 1. The van der Waals surface area contributed by atoms with Crippen molar-refractivity contribution in [2.24, 2.45) is 0 Å². The van der Waals surface area contributed by atoms with E-state index in [-0.39, 0.29) is 0 Å². The minimum absolute atomic E-state index is 0.461. The third-order valence-corrected chi connectivity index (χ3v) is 2.29. The van der Waals surface area contributed by atoms with Gasteiger partial charge in [0.2, 0.25) is 5.91 Å². The molecular weight excluding hydrogens is 231 g/mol. The van der Waals surface area contributed by atoms with Gasteiger partial charge in [-0.05, 0) is 12.5 Å². The molecule has 1 amide bonds. The molecule has 0 bridgehead atoms. The van der Waals surface area contributed by atoms with Crippen molar-refractivity contribution in [1.29, 1.82) is 0 Å². The van der Waals surface area contributed by atoms with Gasteiger partial charge in [-0.1, -0.05) is 29.8 Å². The van der Waals surface area contributed by atoms with Crippen LogP contribution >= 0.6 is 0 Å². The number of carbonyl (C=O) groups excluding carboxylic acids is 1. The summed E-state index contributed by atoms with van der Waals surface area (Å²) in [4.78, 5) is 10.9. The summed E-state index contributed by atoms with van der Waals surface area (Å²) in [7, 11) is 0. The summed E-state index contributed by atoms with van der Waals surface area (Å²) in [5.74, 6) is -0.472. The highest BCUT2D eigenvalue weighted by atomic mass is 19.4. The van der Waals surface area contributed by atoms with Crippen molar-refractivity contribution in [3.8, 4) is 0 Å². The summed E-state index contributed by atoms with van der Waals surface area (Å²) in [6.45, 7) is 3.05. The molecule has 2 nitrogen and oxygen atoms in total. The Labute approximate surface area is 97.8 Å². The number of alkyl halides is 3. The molecule has 1 aromatic carbocycles. The Morgan fingerprint density at radius 1 is 1.29 bits per heavy atom. The quantitative estimate of drug-likeness (QED) is 0.870. The minimum Gasteiger partial charge on any atom is -0.349 e. The highest BCUT2D eigenvalue weighted by molar-refractivity contribution is 5.73. The van der Waals surface area contributed by atoms with Crippen molar-refractivity contribution < 1.29 is 18.0 Å². The van der Waals surface area contributed by atoms with E-state index in [4.69, 9.17) is 0 Å². The van der Waals surface area contributed by atoms with Crippen molar-refractivity contribution >= 4 is 5.91 Å². The Bertz CT molecular complexity index is 384. The first-order valence-electron chi connectivity index (χ1n) is 5.18. The maximum atomic E-state index is 12.4. The summed E-state index contributed by atoms with van der Waals surface area (Å²) >= 11 is 0. The summed E-state index contributed by atoms with van der Waals surface area (Å²) in [5.41, 5.74) is 1.42. The van der Waals surface area contributed by atoms with E-state index in [0.29, 0.717) is 5.56 Å². The lowest BCUT2D eigenvalue weighted by Gasteiger charge is -2.20. The Morgan fingerprint density at radius 2 is 1.82 bits per heavy atom. The number of aryl methyl sites for hydroxylation is 1. The van der Waals surface area contributed by atoms with E-state index in [2.05, 4.69) is 5.32 Å². The van der Waals surface area contributed by atoms with Crippen LogP contribution in [0, 0.1) is 6.92 Å². The molecule has 0 saturated carbocycles. The molecule has 1 aromatic rings. The van der Waals surface area contributed by atoms with Gasteiger partial charge in [-0.2, -0.15) is 13.2 Å². The van der Waals surface area contributed by atoms with Gasteiger partial charge in [0, 0.05) is 6.92 Å². The van der Waals surface area contributed by atoms with E-state index in [1.165, 1.54) is 6.92 Å². The molecular formula is C12H14F3NO. The van der Waals surface area contributed by atoms with E-state index in [1.54, 1.807) is 24.3 Å². The zero-order chi connectivity index (χ0) is 13.1. The molecule has 17 heavy (non-hydrogen) atoms. The highest BCUT2D eigenvalue weighted by Gasteiger charge is 2.32. The predicted octanol–water partition coefficient (Wildman–Crippen LogP) is 3.12. The van der Waals surface area contributed by atoms with Gasteiger partial charge in [-0.3, -0.25) is 4.79 Å². The van der Waals surface area contributed by atoms with Gasteiger partial charge in [0.1, 0.15) is 0 Å². The molecule has 0 heterocycles. The Morgan fingerprint density at radius 3 is 2.24 bits per heavy atom. The number of amides is 1. The number of benzene rings is 1. The average molecular weight is 245 g/mol. The lowest BCUT2D eigenvalue weighted by Crippen LogP contribution is -2.30. The first-order valence-corrected chi connectivity index (χ1v) is 5.18. The van der Waals surface area contributed by atoms with Crippen LogP contribution in [0.25, 0.3) is 0 Å². The zero-order valence-corrected chi connectivity index (χ0v) is 9.64. The molecule has 0 aliphatic rings. The molecule has 5 heteroatoms. The third kappa shape index (κ3) is 4.89. The third-order valence-electron chi connectivity index (χ3n) is 2.29. The largest absolute Gasteiger partial charge is 0.391 e. The molecule has 94 valence electrons. The fraction of sp³-hybridized carbons (Fsp3) is 0.417. The van der Waals surface area contributed by atoms with E-state index in [1.807, 2.05) is 6.92 Å². The van der Waals surface area contributed by atoms with Crippen LogP contribution in [0.3, 0.4) is 0 Å². The van der Waals surface area contributed by atoms with Gasteiger partial charge in [0.05, 0.1) is 12.5 Å². The van der Waals surface area contributed by atoms with E-state index in [9.17, 15) is 18.0 Å². The van der Waals surface area contributed by atoms with E-state index >= 15 is 0 Å². The lowest BCUT2D eigenvalue weighted by atomic mass is 10.0. The van der Waals surface area contributed by atoms with Crippen LogP contribution < -0.4 is 5.32 Å². The van der Waals surface area contributed by atoms with Crippen LogP contribution in [0.5, 0.6) is 0 Å². The van der Waals surface area contributed by atoms with Crippen LogP contribution in [0.4, 0.5) is 13.2 Å². The van der Waals surface area contributed by atoms with Crippen molar-refractivity contribution in [2.75, 3.05) is 0 Å². The van der Waals surface area contributed by atoms with Gasteiger partial charge >= 0.3 is 6.18 Å². The normalized spacial score (nSPS) is 13.2. The van der Waals surface area contributed by atoms with Gasteiger partial charge in [-0.25, -0.2) is 0 Å². The smallest absolute Gasteiger partial charge is 0.349 e. The second kappa shape index (κ2) is 5.21. The van der Waals surface area contributed by atoms with Gasteiger partial charge < -0.3 is 5.32 Å². The first-order chi connectivity index (χ1) is 7.78. The minimum atomic E-state index is -4.31. The molecule has 1 unspecified atom stereocenters. The standard InChI is InChI=1S/C12H14F3NO/c1-8-3-5-10(6-4-8)11(16-9(2)17)7-12(13,14)15/h3-6,11H,7H2,1-2H3,(H,16,17). The van der Waals surface area contributed by atoms with Crippen LogP contribution in [0.15, 0.2) is 24.3 Å². The first kappa shape index (κ1) is 13.5. The Hall–Kier alpha value is -1.52. The number of carbonyl (C=O) groups is 1. The summed E-state index contributed by atoms with van der Waals surface area (Å²) < 4.78 is 37.1. The molecule has 0 radical (unpaired) electrons. The summed E-state index contributed by atoms with van der Waals surface area (Å²) in [5, 5.41) is 2.31. The molecule has 1 rings (SSSR count). The van der Waals surface area contributed by atoms with Crippen LogP contribution in [0.1, 0.15) is 30.5 Å². The molecule has 0 fully saturated rings.